The molecule has 0 aromatic heterocycles. The number of ether oxygens (including phenoxy) is 19. The van der Waals surface area contributed by atoms with Crippen molar-refractivity contribution >= 4 is 11.8 Å². The molecule has 27 heteroatoms. The van der Waals surface area contributed by atoms with Gasteiger partial charge in [0.05, 0.1) is 98.2 Å². The van der Waals surface area contributed by atoms with Crippen LogP contribution in [0.25, 0.3) is 0 Å². The third kappa shape index (κ3) is 14.6. The van der Waals surface area contributed by atoms with Crippen molar-refractivity contribution in [3.8, 4) is 0 Å². The fourth-order valence-electron chi connectivity index (χ4n) is 19.0. The highest BCUT2D eigenvalue weighted by Gasteiger charge is 2.66. The highest BCUT2D eigenvalue weighted by Crippen LogP contribution is 2.68. The van der Waals surface area contributed by atoms with Gasteiger partial charge in [-0.25, -0.2) is 4.89 Å². The summed E-state index contributed by atoms with van der Waals surface area (Å²) in [7, 11) is 6.03. The lowest BCUT2D eigenvalue weighted by Gasteiger charge is -2.59. The minimum absolute atomic E-state index is 0.00706. The molecule has 3 saturated carbocycles. The fraction of sp³-hybridized carbons (Fsp3) is 0.914. The largest absolute Gasteiger partial charge is 0.493 e. The second-order valence-electron chi connectivity index (χ2n) is 30.2. The Bertz CT molecular complexity index is 2740. The fourth-order valence-corrected chi connectivity index (χ4v) is 19.0. The monoisotopic (exact) mass is 1380 g/mol. The van der Waals surface area contributed by atoms with Gasteiger partial charge in [0.2, 0.25) is 12.1 Å². The Hall–Kier alpha value is -2.50. The van der Waals surface area contributed by atoms with Gasteiger partial charge in [0.25, 0.3) is 5.78 Å². The van der Waals surface area contributed by atoms with Crippen LogP contribution in [0, 0.1) is 28.6 Å². The number of methoxy groups -OCH3 is 4. The lowest BCUT2D eigenvalue weighted by molar-refractivity contribution is -0.472. The molecular formula is C70H110O27. The number of aliphatic hydroxyl groups is 4. The lowest BCUT2D eigenvalue weighted by Crippen LogP contribution is -2.62. The molecule has 10 fully saturated rings. The summed E-state index contributed by atoms with van der Waals surface area (Å²) < 4.78 is 118. The zero-order chi connectivity index (χ0) is 69.4. The zero-order valence-corrected chi connectivity index (χ0v) is 59.1. The summed E-state index contributed by atoms with van der Waals surface area (Å²) in [5, 5.41) is 47.0. The van der Waals surface area contributed by atoms with E-state index in [0.717, 1.165) is 44.9 Å². The first-order chi connectivity index (χ1) is 46.1. The molecule has 0 aromatic rings. The summed E-state index contributed by atoms with van der Waals surface area (Å²) in [6.07, 6.45) is -8.90. The highest BCUT2D eigenvalue weighted by molar-refractivity contribution is 5.96. The van der Waals surface area contributed by atoms with E-state index in [1.54, 1.807) is 40.9 Å². The first-order valence-corrected chi connectivity index (χ1v) is 35.6. The van der Waals surface area contributed by atoms with Crippen molar-refractivity contribution in [1.29, 1.82) is 0 Å². The lowest BCUT2D eigenvalue weighted by atomic mass is 9.46. The molecule has 0 bridgehead atoms. The number of Topliss-reactive ketones (excluding diaryl/α,β-unsaturated/α-hetero) is 1. The van der Waals surface area contributed by atoms with Gasteiger partial charge in [0.1, 0.15) is 49.3 Å². The molecule has 27 nitrogen and oxygen atoms in total. The van der Waals surface area contributed by atoms with Gasteiger partial charge in [0, 0.05) is 65.8 Å². The summed E-state index contributed by atoms with van der Waals surface area (Å²) >= 11 is 0. The molecular weight excluding hydrogens is 1270 g/mol. The van der Waals surface area contributed by atoms with E-state index in [1.807, 2.05) is 27.7 Å². The number of rotatable bonds is 18. The van der Waals surface area contributed by atoms with Gasteiger partial charge in [-0.1, -0.05) is 25.5 Å². The van der Waals surface area contributed by atoms with Crippen LogP contribution in [0.2, 0.25) is 0 Å². The van der Waals surface area contributed by atoms with E-state index in [9.17, 15) is 30.0 Å². The summed E-state index contributed by atoms with van der Waals surface area (Å²) in [6, 6.07) is 0. The Labute approximate surface area is 569 Å². The average molecular weight is 1380 g/mol. The van der Waals surface area contributed by atoms with Crippen LogP contribution >= 0.6 is 0 Å². The second-order valence-corrected chi connectivity index (χ2v) is 30.2. The summed E-state index contributed by atoms with van der Waals surface area (Å²) in [4.78, 5) is 37.6. The number of hydrogen-bond acceptors (Lipinski definition) is 27. The van der Waals surface area contributed by atoms with E-state index in [-0.39, 0.29) is 66.9 Å². The van der Waals surface area contributed by atoms with Gasteiger partial charge in [-0.05, 0) is 136 Å². The van der Waals surface area contributed by atoms with Crippen molar-refractivity contribution in [2.45, 2.75) is 343 Å². The number of hydrogen-bond donors (Lipinski definition) is 4. The number of esters is 1. The van der Waals surface area contributed by atoms with Crippen molar-refractivity contribution in [2.75, 3.05) is 35.0 Å². The predicted octanol–water partition coefficient (Wildman–Crippen LogP) is 5.42. The van der Waals surface area contributed by atoms with E-state index >= 15 is 0 Å². The number of carbonyl (C=O) groups is 2. The van der Waals surface area contributed by atoms with Crippen LogP contribution in [-0.4, -0.2) is 251 Å². The number of allylic oxidation sites excluding steroid dienone is 1. The molecule has 0 aromatic carbocycles. The van der Waals surface area contributed by atoms with Gasteiger partial charge < -0.3 is 110 Å². The molecule has 0 radical (unpaired) electrons. The van der Waals surface area contributed by atoms with Crippen molar-refractivity contribution in [2.24, 2.45) is 28.6 Å². The van der Waals surface area contributed by atoms with Gasteiger partial charge in [0.15, 0.2) is 43.3 Å². The van der Waals surface area contributed by atoms with E-state index in [0.29, 0.717) is 30.6 Å². The van der Waals surface area contributed by atoms with Crippen LogP contribution in [0.3, 0.4) is 0 Å². The summed E-state index contributed by atoms with van der Waals surface area (Å²) in [5.74, 6) is -0.760. The smallest absolute Gasteiger partial charge is 0.303 e. The molecule has 97 heavy (non-hydrogen) atoms. The molecule has 4 N–H and O–H groups in total. The Morgan fingerprint density at radius 2 is 1.28 bits per heavy atom. The SMILES string of the molecule is COC1=C[C@@H](C)O[C@@H](O[C@H]2CC[C@@]3(C)C(=CC[C@@H]4[C@@H]3CC[C@@]3(C)[C@H]4CC[C@]3(O)[C@H](C)O[C@H]3C[C@H]4OC[C@]5(C[C@@H](OC)[C@H](O[C@H]6C[C@H](O)[C@H](O[C@H]7C[C@@H](O)[C@H](O[C@H]8C[C@H](OC)[C@H](O[C@@H]9O[C@H](C)[C@H](O)[C@H](OC)[C@H]9OC(C)=O)[C@@H](C)O8)[C@@H](C)O7)[C@@H](C)O6)[C@@H](C)O5)OO[C@@H]4[C@@H](C)O3)C2)C1=O. The first-order valence-electron chi connectivity index (χ1n) is 35.6. The van der Waals surface area contributed by atoms with Crippen LogP contribution in [-0.2, 0) is 109 Å². The van der Waals surface area contributed by atoms with Crippen LogP contribution in [0.5, 0.6) is 0 Å². The van der Waals surface area contributed by atoms with E-state index in [2.05, 4.69) is 19.9 Å². The number of ketones is 1. The number of fused-ring (bicyclic) bond motifs is 6. The minimum atomic E-state index is -1.38. The van der Waals surface area contributed by atoms with Gasteiger partial charge in [-0.2, -0.15) is 4.89 Å². The van der Waals surface area contributed by atoms with Gasteiger partial charge in [-0.3, -0.25) is 9.59 Å². The normalized spacial score (nSPS) is 51.4. The molecule has 35 atom stereocenters. The molecule has 0 amide bonds. The summed E-state index contributed by atoms with van der Waals surface area (Å²) in [5.41, 5.74) is -0.0477. The molecule has 8 aliphatic heterocycles. The standard InChI is InChI=1S/C70H110O27/c1-32-24-48(77-12)57(75)65(82-32)90-42-18-21-67(10)41(25-42)16-17-43-44(67)19-22-68(11)45(43)20-23-70(68,76)39(8)88-54-29-50-62(37(6)86-54)96-97-69(31-81-50)30-51(79-14)61(38(7)95-69)93-53-27-47(73)58(34(3)84-53)91-52-26-46(72)59(35(4)83-52)92-55-28-49(78-13)60(36(5)85-55)94-66-64(89-40(9)71)63(80-15)56(74)33(2)87-66/h16,24,32-39,42-47,49-56,58-66,72-74,76H,17-23,25-31H2,1-15H3/t32-,33-,34-,35-,36-,37-,38-,39+,42+,43-,44+,45+,46-,47+,49+,50-,51-,52+,53+,54+,55+,56+,58-,59-,60-,61-,62-,63+,64-,65+,66+,67+,68+,69+,70+/m1/s1. The van der Waals surface area contributed by atoms with E-state index < -0.39 is 177 Å². The highest BCUT2D eigenvalue weighted by atomic mass is 17.2. The Kier molecular flexibility index (Phi) is 22.9. The zero-order valence-electron chi connectivity index (χ0n) is 59.1. The second kappa shape index (κ2) is 29.9. The Morgan fingerprint density at radius 1 is 0.649 bits per heavy atom. The predicted molar refractivity (Wildman–Crippen MR) is 336 cm³/mol. The molecule has 7 saturated heterocycles. The third-order valence-electron chi connectivity index (χ3n) is 24.3. The molecule has 12 rings (SSSR count). The van der Waals surface area contributed by atoms with Crippen molar-refractivity contribution in [3.63, 3.8) is 0 Å². The third-order valence-corrected chi connectivity index (χ3v) is 24.3. The molecule has 12 aliphatic rings. The molecule has 0 unspecified atom stereocenters. The Morgan fingerprint density at radius 3 is 1.92 bits per heavy atom. The van der Waals surface area contributed by atoms with Crippen molar-refractivity contribution in [1.82, 2.24) is 0 Å². The van der Waals surface area contributed by atoms with E-state index in [4.69, 9.17) is 99.8 Å². The topological polar surface area (TPSA) is 309 Å². The van der Waals surface area contributed by atoms with Crippen molar-refractivity contribution < 1.29 is 130 Å². The maximum absolute atomic E-state index is 13.1. The number of carbonyl (C=O) groups excluding carboxylic acids is 2. The van der Waals surface area contributed by atoms with Crippen LogP contribution < -0.4 is 0 Å². The van der Waals surface area contributed by atoms with Gasteiger partial charge >= 0.3 is 5.97 Å². The molecule has 8 heterocycles. The maximum atomic E-state index is 13.1. The molecule has 1 spiro atoms. The first kappa shape index (κ1) is 74.2. The molecule has 552 valence electrons. The Balaban J connectivity index is 0.595. The summed E-state index contributed by atoms with van der Waals surface area (Å²) in [6.45, 7) is 20.6. The number of aliphatic hydroxyl groups excluding tert-OH is 3. The minimum Gasteiger partial charge on any atom is -0.493 e. The van der Waals surface area contributed by atoms with E-state index in [1.165, 1.54) is 33.8 Å². The van der Waals surface area contributed by atoms with Crippen molar-refractivity contribution in [3.05, 3.63) is 23.5 Å². The maximum Gasteiger partial charge on any atom is 0.303 e. The van der Waals surface area contributed by atoms with Crippen LogP contribution in [0.4, 0.5) is 0 Å². The molecule has 4 aliphatic carbocycles. The van der Waals surface area contributed by atoms with Crippen LogP contribution in [0.1, 0.15) is 160 Å². The quantitative estimate of drug-likeness (QED) is 0.0756. The van der Waals surface area contributed by atoms with Gasteiger partial charge in [-0.15, -0.1) is 0 Å². The van der Waals surface area contributed by atoms with Crippen LogP contribution in [0.15, 0.2) is 23.5 Å². The average Bonchev–Trinajstić information content (AvgIpc) is 1.63.